The van der Waals surface area contributed by atoms with Crippen molar-refractivity contribution < 1.29 is 22.7 Å². The number of carbonyl (C=O) groups excluding carboxylic acids is 2. The van der Waals surface area contributed by atoms with Gasteiger partial charge in [-0.05, 0) is 60.5 Å². The zero-order valence-electron chi connectivity index (χ0n) is 25.7. The standard InChI is InChI=1S/C35H37Cl2N3O5S/c1-3-4-22-38-35(42)33(23-26-12-7-5-8-13-26)39(24-30-31(36)16-11-17-32(30)37)34(41)25-40(46(2,43)44)27-18-20-29(21-19-27)45-28-14-9-6-10-15-28/h5-21,33H,3-4,22-25H2,1-2H3,(H,38,42)/t33-/m0/s1. The molecule has 0 saturated carbocycles. The van der Waals surface area contributed by atoms with Crippen LogP contribution in [-0.2, 0) is 32.6 Å². The highest BCUT2D eigenvalue weighted by molar-refractivity contribution is 7.92. The zero-order chi connectivity index (χ0) is 33.1. The Hall–Kier alpha value is -4.05. The van der Waals surface area contributed by atoms with Crippen LogP contribution in [0.25, 0.3) is 0 Å². The molecular formula is C35H37Cl2N3O5S. The maximum atomic E-state index is 14.3. The molecule has 0 saturated heterocycles. The van der Waals surface area contributed by atoms with Gasteiger partial charge in [-0.1, -0.05) is 91.1 Å². The maximum Gasteiger partial charge on any atom is 0.244 e. The van der Waals surface area contributed by atoms with Crippen molar-refractivity contribution in [3.8, 4) is 11.5 Å². The van der Waals surface area contributed by atoms with Crippen molar-refractivity contribution in [1.29, 1.82) is 0 Å². The number of hydrogen-bond acceptors (Lipinski definition) is 5. The minimum Gasteiger partial charge on any atom is -0.457 e. The molecule has 2 amide bonds. The smallest absolute Gasteiger partial charge is 0.244 e. The number of sulfonamides is 1. The van der Waals surface area contributed by atoms with Gasteiger partial charge in [-0.3, -0.25) is 13.9 Å². The van der Waals surface area contributed by atoms with E-state index in [1.165, 1.54) is 4.90 Å². The molecule has 0 aliphatic carbocycles. The Labute approximate surface area is 280 Å². The fourth-order valence-corrected chi connectivity index (χ4v) is 6.20. The first-order valence-corrected chi connectivity index (χ1v) is 17.5. The molecule has 11 heteroatoms. The Balaban J connectivity index is 1.70. The third-order valence-electron chi connectivity index (χ3n) is 7.27. The monoisotopic (exact) mass is 681 g/mol. The fourth-order valence-electron chi connectivity index (χ4n) is 4.83. The molecule has 0 radical (unpaired) electrons. The number of halogens is 2. The number of amides is 2. The summed E-state index contributed by atoms with van der Waals surface area (Å²) in [6.07, 6.45) is 2.86. The van der Waals surface area contributed by atoms with E-state index in [1.807, 2.05) is 55.5 Å². The first-order valence-electron chi connectivity index (χ1n) is 14.9. The summed E-state index contributed by atoms with van der Waals surface area (Å²) < 4.78 is 33.1. The quantitative estimate of drug-likeness (QED) is 0.135. The number of anilines is 1. The number of hydrogen-bond donors (Lipinski definition) is 1. The third kappa shape index (κ3) is 9.72. The summed E-state index contributed by atoms with van der Waals surface area (Å²) >= 11 is 13.1. The van der Waals surface area contributed by atoms with Crippen LogP contribution < -0.4 is 14.4 Å². The molecule has 242 valence electrons. The Morgan fingerprint density at radius 1 is 0.826 bits per heavy atom. The summed E-state index contributed by atoms with van der Waals surface area (Å²) in [5.74, 6) is 0.164. The maximum absolute atomic E-state index is 14.3. The number of nitrogens with one attached hydrogen (secondary N) is 1. The summed E-state index contributed by atoms with van der Waals surface area (Å²) in [5.41, 5.74) is 1.54. The Kier molecular flexibility index (Phi) is 12.5. The molecule has 0 bridgehead atoms. The predicted molar refractivity (Wildman–Crippen MR) is 184 cm³/mol. The van der Waals surface area contributed by atoms with Crippen LogP contribution in [0.1, 0.15) is 30.9 Å². The average molecular weight is 683 g/mol. The van der Waals surface area contributed by atoms with Crippen LogP contribution in [0.5, 0.6) is 11.5 Å². The molecule has 0 aliphatic rings. The van der Waals surface area contributed by atoms with Crippen LogP contribution in [0.2, 0.25) is 10.0 Å². The highest BCUT2D eigenvalue weighted by atomic mass is 35.5. The van der Waals surface area contributed by atoms with E-state index >= 15 is 0 Å². The second-order valence-electron chi connectivity index (χ2n) is 10.8. The number of benzene rings is 4. The topological polar surface area (TPSA) is 96.0 Å². The normalized spacial score (nSPS) is 11.8. The highest BCUT2D eigenvalue weighted by Crippen LogP contribution is 2.29. The molecule has 0 unspecified atom stereocenters. The molecule has 46 heavy (non-hydrogen) atoms. The SMILES string of the molecule is CCCCNC(=O)[C@H](Cc1ccccc1)N(Cc1c(Cl)cccc1Cl)C(=O)CN(c1ccc(Oc2ccccc2)cc1)S(C)(=O)=O. The van der Waals surface area contributed by atoms with Crippen molar-refractivity contribution in [3.05, 3.63) is 124 Å². The molecular weight excluding hydrogens is 645 g/mol. The van der Waals surface area contributed by atoms with Crippen LogP contribution in [0.4, 0.5) is 5.69 Å². The van der Waals surface area contributed by atoms with Gasteiger partial charge < -0.3 is 15.0 Å². The second kappa shape index (κ2) is 16.5. The molecule has 0 heterocycles. The Morgan fingerprint density at radius 2 is 1.41 bits per heavy atom. The van der Waals surface area contributed by atoms with Gasteiger partial charge in [0.25, 0.3) is 0 Å². The van der Waals surface area contributed by atoms with Gasteiger partial charge in [-0.15, -0.1) is 0 Å². The van der Waals surface area contributed by atoms with Crippen molar-refractivity contribution in [1.82, 2.24) is 10.2 Å². The Morgan fingerprint density at radius 3 is 2.00 bits per heavy atom. The third-order valence-corrected chi connectivity index (χ3v) is 9.12. The lowest BCUT2D eigenvalue weighted by atomic mass is 10.0. The van der Waals surface area contributed by atoms with Crippen molar-refractivity contribution in [2.45, 2.75) is 38.8 Å². The van der Waals surface area contributed by atoms with Gasteiger partial charge in [0.1, 0.15) is 24.1 Å². The lowest BCUT2D eigenvalue weighted by molar-refractivity contribution is -0.140. The molecule has 8 nitrogen and oxygen atoms in total. The molecule has 0 fully saturated rings. The van der Waals surface area contributed by atoms with Crippen LogP contribution in [0.3, 0.4) is 0 Å². The lowest BCUT2D eigenvalue weighted by Gasteiger charge is -2.34. The van der Waals surface area contributed by atoms with E-state index < -0.39 is 28.5 Å². The van der Waals surface area contributed by atoms with E-state index in [2.05, 4.69) is 5.32 Å². The van der Waals surface area contributed by atoms with Crippen LogP contribution in [0, 0.1) is 0 Å². The van der Waals surface area contributed by atoms with E-state index in [0.717, 1.165) is 29.0 Å². The van der Waals surface area contributed by atoms with Gasteiger partial charge in [0.05, 0.1) is 11.9 Å². The van der Waals surface area contributed by atoms with Crippen LogP contribution >= 0.6 is 23.2 Å². The summed E-state index contributed by atoms with van der Waals surface area (Å²) in [7, 11) is -3.94. The number of nitrogens with zero attached hydrogens (tertiary/aromatic N) is 2. The summed E-state index contributed by atoms with van der Waals surface area (Å²) in [5, 5.41) is 3.60. The number of carbonyl (C=O) groups is 2. The number of unbranched alkanes of at least 4 members (excludes halogenated alkanes) is 1. The molecule has 4 aromatic rings. The van der Waals surface area contributed by atoms with Crippen molar-refractivity contribution in [2.75, 3.05) is 23.7 Å². The molecule has 4 rings (SSSR count). The minimum atomic E-state index is -3.94. The highest BCUT2D eigenvalue weighted by Gasteiger charge is 2.33. The van der Waals surface area contributed by atoms with Crippen molar-refractivity contribution in [2.24, 2.45) is 0 Å². The number of rotatable bonds is 15. The molecule has 4 aromatic carbocycles. The van der Waals surface area contributed by atoms with E-state index in [1.54, 1.807) is 54.6 Å². The van der Waals surface area contributed by atoms with Gasteiger partial charge in [0, 0.05) is 35.1 Å². The fraction of sp³-hybridized carbons (Fsp3) is 0.257. The van der Waals surface area contributed by atoms with Gasteiger partial charge in [-0.2, -0.15) is 0 Å². The summed E-state index contributed by atoms with van der Waals surface area (Å²) in [6.45, 7) is 1.77. The predicted octanol–water partition coefficient (Wildman–Crippen LogP) is 7.11. The van der Waals surface area contributed by atoms with E-state index in [4.69, 9.17) is 27.9 Å². The Bertz CT molecular complexity index is 1690. The van der Waals surface area contributed by atoms with Gasteiger partial charge in [0.2, 0.25) is 21.8 Å². The summed E-state index contributed by atoms with van der Waals surface area (Å²) in [6, 6.07) is 28.9. The number of para-hydroxylation sites is 1. The minimum absolute atomic E-state index is 0.114. The van der Waals surface area contributed by atoms with Crippen LogP contribution in [0.15, 0.2) is 103 Å². The van der Waals surface area contributed by atoms with Crippen LogP contribution in [-0.4, -0.2) is 50.5 Å². The molecule has 0 aromatic heterocycles. The first-order chi connectivity index (χ1) is 22.1. The number of ether oxygens (including phenoxy) is 1. The molecule has 0 aliphatic heterocycles. The molecule has 0 spiro atoms. The summed E-state index contributed by atoms with van der Waals surface area (Å²) in [4.78, 5) is 29.4. The van der Waals surface area contributed by atoms with E-state index in [9.17, 15) is 18.0 Å². The molecule has 1 N–H and O–H groups in total. The van der Waals surface area contributed by atoms with Gasteiger partial charge in [0.15, 0.2) is 0 Å². The van der Waals surface area contributed by atoms with E-state index in [0.29, 0.717) is 33.7 Å². The second-order valence-corrected chi connectivity index (χ2v) is 13.5. The first kappa shape index (κ1) is 34.8. The average Bonchev–Trinajstić information content (AvgIpc) is 3.03. The lowest BCUT2D eigenvalue weighted by Crippen LogP contribution is -2.53. The largest absolute Gasteiger partial charge is 0.457 e. The van der Waals surface area contributed by atoms with Crippen molar-refractivity contribution >= 4 is 50.7 Å². The molecule has 1 atom stereocenters. The van der Waals surface area contributed by atoms with E-state index in [-0.39, 0.29) is 24.6 Å². The zero-order valence-corrected chi connectivity index (χ0v) is 28.1. The van der Waals surface area contributed by atoms with Gasteiger partial charge >= 0.3 is 0 Å². The van der Waals surface area contributed by atoms with Crippen molar-refractivity contribution in [3.63, 3.8) is 0 Å². The van der Waals surface area contributed by atoms with Gasteiger partial charge in [-0.25, -0.2) is 8.42 Å².